The summed E-state index contributed by atoms with van der Waals surface area (Å²) in [4.78, 5) is 25.3. The highest BCUT2D eigenvalue weighted by molar-refractivity contribution is 6.06. The van der Waals surface area contributed by atoms with Crippen molar-refractivity contribution in [3.63, 3.8) is 0 Å². The molecule has 8 nitrogen and oxygen atoms in total. The van der Waals surface area contributed by atoms with E-state index < -0.39 is 22.6 Å². The van der Waals surface area contributed by atoms with E-state index in [0.717, 1.165) is 18.2 Å². The molecule has 1 heterocycles. The van der Waals surface area contributed by atoms with Crippen LogP contribution in [0, 0.1) is 10.1 Å². The van der Waals surface area contributed by atoms with Crippen LogP contribution >= 0.6 is 0 Å². The highest BCUT2D eigenvalue weighted by atomic mass is 19.4. The summed E-state index contributed by atoms with van der Waals surface area (Å²) in [6.07, 6.45) is -4.59. The van der Waals surface area contributed by atoms with E-state index in [4.69, 9.17) is 4.74 Å². The van der Waals surface area contributed by atoms with Crippen molar-refractivity contribution in [1.82, 2.24) is 0 Å². The first kappa shape index (κ1) is 22.3. The van der Waals surface area contributed by atoms with Gasteiger partial charge in [0.15, 0.2) is 0 Å². The number of nitrogens with one attached hydrogen (secondary N) is 2. The fourth-order valence-electron chi connectivity index (χ4n) is 3.25. The maximum Gasteiger partial charge on any atom is 0.416 e. The van der Waals surface area contributed by atoms with Crippen molar-refractivity contribution in [3.05, 3.63) is 57.6 Å². The minimum Gasteiger partial charge on any atom is -0.380 e. The first-order valence-electron chi connectivity index (χ1n) is 9.58. The lowest BCUT2D eigenvalue weighted by atomic mass is 10.1. The van der Waals surface area contributed by atoms with Crippen LogP contribution in [-0.2, 0) is 10.9 Å². The lowest BCUT2D eigenvalue weighted by molar-refractivity contribution is -0.384. The van der Waals surface area contributed by atoms with Gasteiger partial charge < -0.3 is 20.3 Å². The fourth-order valence-corrected chi connectivity index (χ4v) is 3.25. The quantitative estimate of drug-likeness (QED) is 0.520. The first-order valence-corrected chi connectivity index (χ1v) is 9.58. The Labute approximate surface area is 176 Å². The molecule has 1 amide bonds. The van der Waals surface area contributed by atoms with Gasteiger partial charge in [-0.1, -0.05) is 0 Å². The van der Waals surface area contributed by atoms with Crippen LogP contribution in [-0.4, -0.2) is 43.7 Å². The third-order valence-corrected chi connectivity index (χ3v) is 4.75. The van der Waals surface area contributed by atoms with Gasteiger partial charge in [0.05, 0.1) is 35.1 Å². The zero-order valence-electron chi connectivity index (χ0n) is 16.7. The van der Waals surface area contributed by atoms with Gasteiger partial charge in [-0.05, 0) is 37.3 Å². The van der Waals surface area contributed by atoms with Crippen molar-refractivity contribution in [2.24, 2.45) is 0 Å². The molecule has 0 spiro atoms. The molecule has 0 unspecified atom stereocenters. The summed E-state index contributed by atoms with van der Waals surface area (Å²) in [5, 5.41) is 16.7. The van der Waals surface area contributed by atoms with Crippen LogP contribution in [0.15, 0.2) is 36.4 Å². The van der Waals surface area contributed by atoms with Gasteiger partial charge in [-0.3, -0.25) is 14.9 Å². The Bertz CT molecular complexity index is 975. The molecule has 2 aromatic carbocycles. The highest BCUT2D eigenvalue weighted by Gasteiger charge is 2.32. The molecule has 0 saturated carbocycles. The number of hydrogen-bond acceptors (Lipinski definition) is 6. The minimum atomic E-state index is -4.59. The van der Waals surface area contributed by atoms with Gasteiger partial charge in [0, 0.05) is 31.3 Å². The van der Waals surface area contributed by atoms with E-state index in [9.17, 15) is 28.1 Å². The molecule has 31 heavy (non-hydrogen) atoms. The second-order valence-electron chi connectivity index (χ2n) is 6.80. The predicted octanol–water partition coefficient (Wildman–Crippen LogP) is 4.13. The Hall–Kier alpha value is -3.34. The van der Waals surface area contributed by atoms with Gasteiger partial charge in [-0.15, -0.1) is 0 Å². The average Bonchev–Trinajstić information content (AvgIpc) is 2.74. The Morgan fingerprint density at radius 1 is 1.16 bits per heavy atom. The molecular weight excluding hydrogens is 417 g/mol. The van der Waals surface area contributed by atoms with Crippen LogP contribution in [0.3, 0.4) is 0 Å². The van der Waals surface area contributed by atoms with Gasteiger partial charge in [0.25, 0.3) is 11.6 Å². The molecule has 0 radical (unpaired) electrons. The van der Waals surface area contributed by atoms with Gasteiger partial charge in [0.2, 0.25) is 0 Å². The number of morpholine rings is 1. The molecule has 1 saturated heterocycles. The smallest absolute Gasteiger partial charge is 0.380 e. The summed E-state index contributed by atoms with van der Waals surface area (Å²) >= 11 is 0. The maximum absolute atomic E-state index is 13.2. The molecule has 0 aliphatic carbocycles. The van der Waals surface area contributed by atoms with E-state index >= 15 is 0 Å². The Morgan fingerprint density at radius 3 is 2.48 bits per heavy atom. The lowest BCUT2D eigenvalue weighted by Crippen LogP contribution is -2.36. The number of alkyl halides is 3. The summed E-state index contributed by atoms with van der Waals surface area (Å²) in [6, 6.07) is 6.99. The Balaban J connectivity index is 1.95. The molecule has 2 N–H and O–H groups in total. The van der Waals surface area contributed by atoms with Crippen molar-refractivity contribution >= 4 is 28.7 Å². The number of carbonyl (C=O) groups is 1. The monoisotopic (exact) mass is 438 g/mol. The van der Waals surface area contributed by atoms with Crippen molar-refractivity contribution in [2.75, 3.05) is 48.4 Å². The molecule has 3 rings (SSSR count). The number of ether oxygens (including phenoxy) is 1. The van der Waals surface area contributed by atoms with Crippen LogP contribution in [0.4, 0.5) is 35.9 Å². The van der Waals surface area contributed by atoms with E-state index in [0.29, 0.717) is 38.5 Å². The summed E-state index contributed by atoms with van der Waals surface area (Å²) in [5.74, 6) is -0.750. The number of nitro groups is 1. The second kappa shape index (κ2) is 9.21. The Morgan fingerprint density at radius 2 is 1.87 bits per heavy atom. The van der Waals surface area contributed by atoms with Crippen LogP contribution < -0.4 is 15.5 Å². The van der Waals surface area contributed by atoms with Gasteiger partial charge in [-0.2, -0.15) is 13.2 Å². The van der Waals surface area contributed by atoms with E-state index in [-0.39, 0.29) is 22.6 Å². The largest absolute Gasteiger partial charge is 0.416 e. The number of nitro benzene ring substituents is 1. The zero-order valence-corrected chi connectivity index (χ0v) is 16.7. The molecule has 166 valence electrons. The van der Waals surface area contributed by atoms with Crippen molar-refractivity contribution in [1.29, 1.82) is 0 Å². The molecule has 0 bridgehead atoms. The van der Waals surface area contributed by atoms with E-state index in [2.05, 4.69) is 10.6 Å². The molecule has 2 aromatic rings. The fraction of sp³-hybridized carbons (Fsp3) is 0.350. The van der Waals surface area contributed by atoms with Crippen molar-refractivity contribution in [3.8, 4) is 0 Å². The summed E-state index contributed by atoms with van der Waals surface area (Å²) in [6.45, 7) is 3.94. The van der Waals surface area contributed by atoms with Gasteiger partial charge >= 0.3 is 6.18 Å². The molecule has 1 fully saturated rings. The van der Waals surface area contributed by atoms with Crippen LogP contribution in [0.1, 0.15) is 22.8 Å². The number of nitrogens with zero attached hydrogens (tertiary/aromatic N) is 2. The molecule has 1 aliphatic heterocycles. The number of halogens is 3. The SMILES string of the molecule is CCNc1ccc(C(=O)Nc2cc(C(F)(F)F)ccc2N2CCOCC2)cc1[N+](=O)[O-]. The number of rotatable bonds is 6. The third-order valence-electron chi connectivity index (χ3n) is 4.75. The summed E-state index contributed by atoms with van der Waals surface area (Å²) < 4.78 is 45.0. The second-order valence-corrected chi connectivity index (χ2v) is 6.80. The number of anilines is 3. The van der Waals surface area contributed by atoms with Crippen LogP contribution in [0.5, 0.6) is 0 Å². The molecule has 11 heteroatoms. The first-order chi connectivity index (χ1) is 14.7. The third kappa shape index (κ3) is 5.23. The highest BCUT2D eigenvalue weighted by Crippen LogP contribution is 2.36. The van der Waals surface area contributed by atoms with Gasteiger partial charge in [-0.25, -0.2) is 0 Å². The normalized spacial score (nSPS) is 14.3. The topological polar surface area (TPSA) is 96.7 Å². The molecule has 0 aromatic heterocycles. The summed E-state index contributed by atoms with van der Waals surface area (Å²) in [5.41, 5.74) is -0.611. The molecule has 0 atom stereocenters. The zero-order chi connectivity index (χ0) is 22.6. The van der Waals surface area contributed by atoms with E-state index in [1.54, 1.807) is 6.92 Å². The van der Waals surface area contributed by atoms with Gasteiger partial charge in [0.1, 0.15) is 5.69 Å². The average molecular weight is 438 g/mol. The van der Waals surface area contributed by atoms with E-state index in [1.165, 1.54) is 18.2 Å². The molecular formula is C20H21F3N4O4. The number of benzene rings is 2. The van der Waals surface area contributed by atoms with Crippen molar-refractivity contribution < 1.29 is 27.6 Å². The predicted molar refractivity (Wildman–Crippen MR) is 110 cm³/mol. The number of hydrogen-bond donors (Lipinski definition) is 2. The standard InChI is InChI=1S/C20H21F3N4O4/c1-2-24-15-5-3-13(11-18(15)27(29)30)19(28)25-16-12-14(20(21,22)23)4-6-17(16)26-7-9-31-10-8-26/h3-6,11-12,24H,2,7-10H2,1H3,(H,25,28). The maximum atomic E-state index is 13.2. The number of amides is 1. The molecule has 1 aliphatic rings. The number of carbonyl (C=O) groups excluding carboxylic acids is 1. The van der Waals surface area contributed by atoms with Crippen LogP contribution in [0.2, 0.25) is 0 Å². The van der Waals surface area contributed by atoms with E-state index in [1.807, 2.05) is 4.90 Å². The van der Waals surface area contributed by atoms with Crippen LogP contribution in [0.25, 0.3) is 0 Å². The lowest BCUT2D eigenvalue weighted by Gasteiger charge is -2.31. The Kier molecular flexibility index (Phi) is 6.64. The van der Waals surface area contributed by atoms with Crippen molar-refractivity contribution in [2.45, 2.75) is 13.1 Å². The summed E-state index contributed by atoms with van der Waals surface area (Å²) in [7, 11) is 0. The minimum absolute atomic E-state index is 0.0277.